The average Bonchev–Trinajstić information content (AvgIpc) is 3.34. The van der Waals surface area contributed by atoms with Crippen LogP contribution in [-0.4, -0.2) is 36.4 Å². The summed E-state index contributed by atoms with van der Waals surface area (Å²) in [5, 5.41) is 9.65. The van der Waals surface area contributed by atoms with Gasteiger partial charge in [0.25, 0.3) is 0 Å². The van der Waals surface area contributed by atoms with Crippen molar-refractivity contribution in [3.8, 4) is 0 Å². The van der Waals surface area contributed by atoms with Crippen LogP contribution in [0.5, 0.6) is 0 Å². The molecule has 5 heteroatoms. The number of carbonyl (C=O) groups excluding carboxylic acids is 2. The number of unbranched alkanes of at least 4 members (excludes halogenated alkanes) is 16. The predicted octanol–water partition coefficient (Wildman–Crippen LogP) is 18.6. The molecule has 0 rings (SSSR count). The van der Waals surface area contributed by atoms with Gasteiger partial charge in [-0.15, -0.1) is 0 Å². The van der Waals surface area contributed by atoms with Gasteiger partial charge in [-0.2, -0.15) is 0 Å². The lowest BCUT2D eigenvalue weighted by Gasteiger charge is -2.15. The Labute approximate surface area is 418 Å². The summed E-state index contributed by atoms with van der Waals surface area (Å²) in [6.45, 7) is 3.89. The van der Waals surface area contributed by atoms with Gasteiger partial charge in [0.05, 0.1) is 6.61 Å². The molecule has 0 aromatic carbocycles. The molecule has 0 fully saturated rings. The lowest BCUT2D eigenvalue weighted by Crippen LogP contribution is -2.28. The number of rotatable bonds is 48. The van der Waals surface area contributed by atoms with Gasteiger partial charge < -0.3 is 14.6 Å². The summed E-state index contributed by atoms with van der Waals surface area (Å²) in [4.78, 5) is 24.5. The SMILES string of the molecule is CC/C=C\C/C=C\C/C=C\C/C=C\C/C=C\C/C=C\C/C=C\CCCCCCCCCCCCCC(=O)OC(CO)COC(=O)CCCCCCC/C=C\C/C=C\C/C=C\C/C=C\C/C=C\CC. The van der Waals surface area contributed by atoms with Gasteiger partial charge in [-0.1, -0.05) is 237 Å². The van der Waals surface area contributed by atoms with Gasteiger partial charge in [0.2, 0.25) is 0 Å². The highest BCUT2D eigenvalue weighted by Gasteiger charge is 2.16. The van der Waals surface area contributed by atoms with Crippen LogP contribution in [0.1, 0.15) is 219 Å². The third-order valence-corrected chi connectivity index (χ3v) is 11.1. The van der Waals surface area contributed by atoms with E-state index < -0.39 is 6.10 Å². The minimum absolute atomic E-state index is 0.0862. The molecule has 0 aromatic rings. The Morgan fingerprint density at radius 3 is 0.882 bits per heavy atom. The Morgan fingerprint density at radius 2 is 0.588 bits per heavy atom. The van der Waals surface area contributed by atoms with Crippen LogP contribution in [0.3, 0.4) is 0 Å². The first kappa shape index (κ1) is 63.8. The van der Waals surface area contributed by atoms with Crippen molar-refractivity contribution in [1.82, 2.24) is 0 Å². The van der Waals surface area contributed by atoms with Crippen LogP contribution in [0.15, 0.2) is 146 Å². The normalized spacial score (nSPS) is 13.4. The van der Waals surface area contributed by atoms with Crippen molar-refractivity contribution in [3.63, 3.8) is 0 Å². The first-order valence-corrected chi connectivity index (χ1v) is 27.4. The van der Waals surface area contributed by atoms with Crippen molar-refractivity contribution in [1.29, 1.82) is 0 Å². The van der Waals surface area contributed by atoms with Crippen LogP contribution in [-0.2, 0) is 19.1 Å². The molecule has 1 unspecified atom stereocenters. The van der Waals surface area contributed by atoms with E-state index in [-0.39, 0.29) is 25.2 Å². The number of allylic oxidation sites excluding steroid dienone is 24. The third-order valence-electron chi connectivity index (χ3n) is 11.1. The quantitative estimate of drug-likeness (QED) is 0.0374. The molecule has 1 atom stereocenters. The number of aliphatic hydroxyl groups excluding tert-OH is 1. The number of hydrogen-bond acceptors (Lipinski definition) is 5. The number of aliphatic hydroxyl groups is 1. The summed E-state index contributed by atoms with van der Waals surface area (Å²) in [7, 11) is 0. The number of hydrogen-bond donors (Lipinski definition) is 1. The highest BCUT2D eigenvalue weighted by atomic mass is 16.6. The Kier molecular flexibility index (Phi) is 53.6. The first-order chi connectivity index (χ1) is 33.6. The van der Waals surface area contributed by atoms with E-state index in [1.54, 1.807) is 0 Å². The van der Waals surface area contributed by atoms with E-state index >= 15 is 0 Å². The molecule has 0 heterocycles. The molecule has 382 valence electrons. The van der Waals surface area contributed by atoms with Gasteiger partial charge in [-0.3, -0.25) is 9.59 Å². The second kappa shape index (κ2) is 57.1. The van der Waals surface area contributed by atoms with E-state index in [1.807, 2.05) is 0 Å². The molecule has 0 aliphatic rings. The van der Waals surface area contributed by atoms with Crippen LogP contribution < -0.4 is 0 Å². The monoisotopic (exact) mass is 937 g/mol. The Hall–Kier alpha value is -4.22. The highest BCUT2D eigenvalue weighted by molar-refractivity contribution is 5.70. The van der Waals surface area contributed by atoms with E-state index in [0.717, 1.165) is 135 Å². The van der Waals surface area contributed by atoms with Crippen LogP contribution in [0.25, 0.3) is 0 Å². The Bertz CT molecular complexity index is 1480. The molecule has 0 saturated heterocycles. The molecule has 0 amide bonds. The van der Waals surface area contributed by atoms with E-state index in [9.17, 15) is 14.7 Å². The van der Waals surface area contributed by atoms with Crippen LogP contribution >= 0.6 is 0 Å². The zero-order valence-electron chi connectivity index (χ0n) is 43.6. The maximum atomic E-state index is 12.3. The maximum absolute atomic E-state index is 12.3. The maximum Gasteiger partial charge on any atom is 0.306 e. The van der Waals surface area contributed by atoms with Crippen LogP contribution in [0, 0.1) is 0 Å². The Balaban J connectivity index is 3.60. The fraction of sp³-hybridized carbons (Fsp3) is 0.587. The van der Waals surface area contributed by atoms with E-state index in [0.29, 0.717) is 12.8 Å². The minimum atomic E-state index is -0.794. The van der Waals surface area contributed by atoms with E-state index in [2.05, 4.69) is 160 Å². The van der Waals surface area contributed by atoms with Crippen LogP contribution in [0.2, 0.25) is 0 Å². The molecule has 0 aromatic heterocycles. The third kappa shape index (κ3) is 54.4. The second-order valence-corrected chi connectivity index (χ2v) is 17.5. The summed E-state index contributed by atoms with van der Waals surface area (Å²) >= 11 is 0. The predicted molar refractivity (Wildman–Crippen MR) is 297 cm³/mol. The van der Waals surface area contributed by atoms with Crippen molar-refractivity contribution >= 4 is 11.9 Å². The van der Waals surface area contributed by atoms with Crippen molar-refractivity contribution in [2.24, 2.45) is 0 Å². The molecule has 0 aliphatic heterocycles. The van der Waals surface area contributed by atoms with Gasteiger partial charge >= 0.3 is 11.9 Å². The topological polar surface area (TPSA) is 72.8 Å². The number of ether oxygens (including phenoxy) is 2. The number of carbonyl (C=O) groups is 2. The zero-order chi connectivity index (χ0) is 49.2. The summed E-state index contributed by atoms with van der Waals surface area (Å²) in [5.74, 6) is -0.625. The summed E-state index contributed by atoms with van der Waals surface area (Å²) in [6.07, 6.45) is 86.6. The smallest absolute Gasteiger partial charge is 0.306 e. The van der Waals surface area contributed by atoms with E-state index in [4.69, 9.17) is 9.47 Å². The largest absolute Gasteiger partial charge is 0.462 e. The molecule has 68 heavy (non-hydrogen) atoms. The van der Waals surface area contributed by atoms with Gasteiger partial charge in [0.1, 0.15) is 6.61 Å². The second-order valence-electron chi connectivity index (χ2n) is 17.5. The molecule has 0 bridgehead atoms. The average molecular weight is 937 g/mol. The van der Waals surface area contributed by atoms with Crippen molar-refractivity contribution in [3.05, 3.63) is 146 Å². The summed E-state index contributed by atoms with van der Waals surface area (Å²) in [6, 6.07) is 0. The fourth-order valence-corrected chi connectivity index (χ4v) is 7.09. The Morgan fingerprint density at radius 1 is 0.338 bits per heavy atom. The summed E-state index contributed by atoms with van der Waals surface area (Å²) < 4.78 is 10.7. The molecule has 1 N–H and O–H groups in total. The minimum Gasteiger partial charge on any atom is -0.462 e. The van der Waals surface area contributed by atoms with E-state index in [1.165, 1.54) is 57.8 Å². The summed E-state index contributed by atoms with van der Waals surface area (Å²) in [5.41, 5.74) is 0. The van der Waals surface area contributed by atoms with Crippen LogP contribution in [0.4, 0.5) is 0 Å². The van der Waals surface area contributed by atoms with Gasteiger partial charge in [-0.05, 0) is 116 Å². The molecular formula is C63H100O5. The molecule has 0 spiro atoms. The molecular weight excluding hydrogens is 837 g/mol. The lowest BCUT2D eigenvalue weighted by atomic mass is 10.0. The molecule has 0 aliphatic carbocycles. The van der Waals surface area contributed by atoms with Crippen molar-refractivity contribution in [2.75, 3.05) is 13.2 Å². The number of esters is 2. The molecule has 5 nitrogen and oxygen atoms in total. The van der Waals surface area contributed by atoms with Gasteiger partial charge in [-0.25, -0.2) is 0 Å². The molecule has 0 saturated carbocycles. The highest BCUT2D eigenvalue weighted by Crippen LogP contribution is 2.14. The standard InChI is InChI=1S/C63H100O5/c1-3-5-7-9-11-13-15-17-19-21-23-25-26-27-28-29-30-31-32-33-34-35-36-38-40-42-44-46-48-50-52-54-56-58-63(66)68-61(59-64)60-67-62(65)57-55-53-51-49-47-45-43-41-39-37-24-22-20-18-16-14-12-10-8-6-4-2/h5-8,11-14,17-20,23-25,27-28,30-31,33-34,37,41,43,61,64H,3-4,9-10,15-16,21-22,26,29,32,35-36,38-40,42,44-60H2,1-2H3/b7-5-,8-6-,13-11-,14-12-,19-17-,20-18-,25-23-,28-27-,31-30-,34-33-,37-24-,43-41-. The molecule has 0 radical (unpaired) electrons. The van der Waals surface area contributed by atoms with Crippen molar-refractivity contribution in [2.45, 2.75) is 225 Å². The van der Waals surface area contributed by atoms with Gasteiger partial charge in [0.15, 0.2) is 6.10 Å². The van der Waals surface area contributed by atoms with Gasteiger partial charge in [0, 0.05) is 12.8 Å². The zero-order valence-corrected chi connectivity index (χ0v) is 43.6. The first-order valence-electron chi connectivity index (χ1n) is 27.4. The van der Waals surface area contributed by atoms with Crippen molar-refractivity contribution < 1.29 is 24.2 Å². The fourth-order valence-electron chi connectivity index (χ4n) is 7.09. The lowest BCUT2D eigenvalue weighted by molar-refractivity contribution is -0.161.